The summed E-state index contributed by atoms with van der Waals surface area (Å²) in [7, 11) is 1.66. The largest absolute Gasteiger partial charge is 0.497 e. The molecule has 0 unspecified atom stereocenters. The molecule has 0 radical (unpaired) electrons. The van der Waals surface area contributed by atoms with Crippen LogP contribution in [0.5, 0.6) is 17.2 Å². The Bertz CT molecular complexity index is 976. The van der Waals surface area contributed by atoms with Crippen molar-refractivity contribution in [3.63, 3.8) is 0 Å². The van der Waals surface area contributed by atoms with Gasteiger partial charge in [-0.1, -0.05) is 44.0 Å². The maximum absolute atomic E-state index is 6.18. The Hall–Kier alpha value is -2.95. The summed E-state index contributed by atoms with van der Waals surface area (Å²) in [6, 6.07) is 12.0. The van der Waals surface area contributed by atoms with Crippen molar-refractivity contribution < 1.29 is 18.7 Å². The smallest absolute Gasteiger partial charge is 0.178 e. The second kappa shape index (κ2) is 10.9. The molecule has 0 aliphatic rings. The fourth-order valence-corrected chi connectivity index (χ4v) is 3.43. The summed E-state index contributed by atoms with van der Waals surface area (Å²) in [6.45, 7) is 9.66. The quantitative estimate of drug-likeness (QED) is 0.311. The Balaban J connectivity index is 2.05. The van der Waals surface area contributed by atoms with Gasteiger partial charge in [-0.2, -0.15) is 0 Å². The first kappa shape index (κ1) is 22.7. The van der Waals surface area contributed by atoms with Crippen molar-refractivity contribution >= 4 is 0 Å². The van der Waals surface area contributed by atoms with Gasteiger partial charge in [0.2, 0.25) is 0 Å². The first-order valence-corrected chi connectivity index (χ1v) is 11.1. The molecule has 0 atom stereocenters. The summed E-state index contributed by atoms with van der Waals surface area (Å²) in [6.07, 6.45) is 4.18. The Morgan fingerprint density at radius 1 is 0.871 bits per heavy atom. The minimum Gasteiger partial charge on any atom is -0.497 e. The SMILES string of the molecule is CCCCOc1cc(OCCCC)c(-c2onc(C)c2-c2ccc(OC)cc2)cc1C. The van der Waals surface area contributed by atoms with Crippen LogP contribution < -0.4 is 14.2 Å². The van der Waals surface area contributed by atoms with Crippen LogP contribution in [0.1, 0.15) is 50.8 Å². The van der Waals surface area contributed by atoms with E-state index < -0.39 is 0 Å². The predicted molar refractivity (Wildman–Crippen MR) is 124 cm³/mol. The zero-order chi connectivity index (χ0) is 22.2. The van der Waals surface area contributed by atoms with Crippen molar-refractivity contribution in [1.29, 1.82) is 0 Å². The van der Waals surface area contributed by atoms with Gasteiger partial charge in [0.15, 0.2) is 5.76 Å². The van der Waals surface area contributed by atoms with Crippen molar-refractivity contribution in [3.8, 4) is 39.7 Å². The van der Waals surface area contributed by atoms with E-state index in [0.29, 0.717) is 19.0 Å². The molecule has 2 aromatic carbocycles. The van der Waals surface area contributed by atoms with Crippen LogP contribution >= 0.6 is 0 Å². The van der Waals surface area contributed by atoms with Crippen molar-refractivity contribution in [2.75, 3.05) is 20.3 Å². The summed E-state index contributed by atoms with van der Waals surface area (Å²) in [5.74, 6) is 3.13. The summed E-state index contributed by atoms with van der Waals surface area (Å²) in [5.41, 5.74) is 4.75. The van der Waals surface area contributed by atoms with Gasteiger partial charge in [-0.05, 0) is 56.0 Å². The molecule has 5 nitrogen and oxygen atoms in total. The molecule has 3 aromatic rings. The number of rotatable bonds is 11. The first-order chi connectivity index (χ1) is 15.1. The third-order valence-corrected chi connectivity index (χ3v) is 5.27. The van der Waals surface area contributed by atoms with Crippen LogP contribution in [0.2, 0.25) is 0 Å². The third-order valence-electron chi connectivity index (χ3n) is 5.27. The molecule has 1 aromatic heterocycles. The van der Waals surface area contributed by atoms with E-state index in [1.165, 1.54) is 0 Å². The van der Waals surface area contributed by atoms with Crippen molar-refractivity contribution in [1.82, 2.24) is 5.16 Å². The van der Waals surface area contributed by atoms with Gasteiger partial charge < -0.3 is 18.7 Å². The molecule has 0 saturated heterocycles. The molecule has 0 aliphatic carbocycles. The lowest BCUT2D eigenvalue weighted by Crippen LogP contribution is -2.02. The fraction of sp³-hybridized carbons (Fsp3) is 0.423. The topological polar surface area (TPSA) is 53.7 Å². The highest BCUT2D eigenvalue weighted by Gasteiger charge is 2.22. The highest BCUT2D eigenvalue weighted by Crippen LogP contribution is 2.42. The minimum absolute atomic E-state index is 0.645. The molecule has 0 saturated carbocycles. The van der Waals surface area contributed by atoms with Gasteiger partial charge in [0.05, 0.1) is 37.1 Å². The number of ether oxygens (including phenoxy) is 3. The summed E-state index contributed by atoms with van der Waals surface area (Å²) < 4.78 is 23.3. The molecule has 0 fully saturated rings. The second-order valence-electron chi connectivity index (χ2n) is 7.72. The Morgan fingerprint density at radius 2 is 1.52 bits per heavy atom. The maximum Gasteiger partial charge on any atom is 0.178 e. The third kappa shape index (κ3) is 5.40. The van der Waals surface area contributed by atoms with Gasteiger partial charge in [0.25, 0.3) is 0 Å². The van der Waals surface area contributed by atoms with Crippen LogP contribution in [-0.2, 0) is 0 Å². The van der Waals surface area contributed by atoms with Crippen LogP contribution in [0.15, 0.2) is 40.9 Å². The van der Waals surface area contributed by atoms with Crippen molar-refractivity contribution in [3.05, 3.63) is 47.7 Å². The molecular weight excluding hydrogens is 390 g/mol. The maximum atomic E-state index is 6.18. The minimum atomic E-state index is 0.645. The Morgan fingerprint density at radius 3 is 2.13 bits per heavy atom. The molecule has 166 valence electrons. The predicted octanol–water partition coefficient (Wildman–Crippen LogP) is 6.99. The number of benzene rings is 2. The molecule has 0 bridgehead atoms. The first-order valence-electron chi connectivity index (χ1n) is 11.1. The van der Waals surface area contributed by atoms with Crippen LogP contribution in [0, 0.1) is 13.8 Å². The number of aromatic nitrogens is 1. The number of aryl methyl sites for hydroxylation is 2. The van der Waals surface area contributed by atoms with Gasteiger partial charge in [-0.15, -0.1) is 0 Å². The van der Waals surface area contributed by atoms with Crippen LogP contribution in [-0.4, -0.2) is 25.5 Å². The lowest BCUT2D eigenvalue weighted by Gasteiger charge is -2.16. The summed E-state index contributed by atoms with van der Waals surface area (Å²) in [5, 5.41) is 4.27. The van der Waals surface area contributed by atoms with Crippen LogP contribution in [0.4, 0.5) is 0 Å². The van der Waals surface area contributed by atoms with E-state index in [1.54, 1.807) is 7.11 Å². The normalized spacial score (nSPS) is 10.9. The van der Waals surface area contributed by atoms with E-state index in [2.05, 4.69) is 32.0 Å². The fourth-order valence-electron chi connectivity index (χ4n) is 3.43. The number of hydrogen-bond donors (Lipinski definition) is 0. The molecule has 0 amide bonds. The van der Waals surface area contributed by atoms with E-state index in [9.17, 15) is 0 Å². The summed E-state index contributed by atoms with van der Waals surface area (Å²) >= 11 is 0. The summed E-state index contributed by atoms with van der Waals surface area (Å²) in [4.78, 5) is 0. The molecular formula is C26H33NO4. The standard InChI is InChI=1S/C26H33NO4/c1-6-8-14-29-23-17-24(30-15-9-7-2)22(16-18(23)3)26-25(19(4)27-31-26)20-10-12-21(28-5)13-11-20/h10-13,16-17H,6-9,14-15H2,1-5H3. The van der Waals surface area contributed by atoms with E-state index in [-0.39, 0.29) is 0 Å². The highest BCUT2D eigenvalue weighted by atomic mass is 16.5. The number of hydrogen-bond acceptors (Lipinski definition) is 5. The second-order valence-corrected chi connectivity index (χ2v) is 7.72. The van der Waals surface area contributed by atoms with Crippen LogP contribution in [0.25, 0.3) is 22.5 Å². The monoisotopic (exact) mass is 423 g/mol. The highest BCUT2D eigenvalue weighted by molar-refractivity contribution is 5.84. The zero-order valence-corrected chi connectivity index (χ0v) is 19.3. The number of unbranched alkanes of at least 4 members (excludes halogenated alkanes) is 2. The average Bonchev–Trinajstić information content (AvgIpc) is 3.17. The van der Waals surface area contributed by atoms with Crippen molar-refractivity contribution in [2.24, 2.45) is 0 Å². The molecule has 1 heterocycles. The van der Waals surface area contributed by atoms with E-state index in [0.717, 1.165) is 70.9 Å². The zero-order valence-electron chi connectivity index (χ0n) is 19.3. The van der Waals surface area contributed by atoms with Gasteiger partial charge in [-0.25, -0.2) is 0 Å². The van der Waals surface area contributed by atoms with Gasteiger partial charge in [-0.3, -0.25) is 0 Å². The molecule has 3 rings (SSSR count). The molecule has 31 heavy (non-hydrogen) atoms. The van der Waals surface area contributed by atoms with E-state index >= 15 is 0 Å². The average molecular weight is 424 g/mol. The Labute approximate surface area is 185 Å². The van der Waals surface area contributed by atoms with E-state index in [1.807, 2.05) is 37.3 Å². The number of nitrogens with zero attached hydrogens (tertiary/aromatic N) is 1. The van der Waals surface area contributed by atoms with Gasteiger partial charge in [0, 0.05) is 6.07 Å². The van der Waals surface area contributed by atoms with Crippen LogP contribution in [0.3, 0.4) is 0 Å². The lowest BCUT2D eigenvalue weighted by atomic mass is 9.98. The molecule has 5 heteroatoms. The van der Waals surface area contributed by atoms with Gasteiger partial charge >= 0.3 is 0 Å². The Kier molecular flexibility index (Phi) is 7.99. The lowest BCUT2D eigenvalue weighted by molar-refractivity contribution is 0.293. The van der Waals surface area contributed by atoms with Gasteiger partial charge in [0.1, 0.15) is 17.2 Å². The van der Waals surface area contributed by atoms with E-state index in [4.69, 9.17) is 18.7 Å². The molecule has 0 N–H and O–H groups in total. The number of methoxy groups -OCH3 is 1. The van der Waals surface area contributed by atoms with Crippen molar-refractivity contribution in [2.45, 2.75) is 53.4 Å². The molecule has 0 aliphatic heterocycles. The molecule has 0 spiro atoms.